The Labute approximate surface area is 197 Å². The fourth-order valence-electron chi connectivity index (χ4n) is 3.23. The number of anilines is 1. The molecule has 0 saturated heterocycles. The van der Waals surface area contributed by atoms with Crippen LogP contribution in [0.5, 0.6) is 28.7 Å². The average Bonchev–Trinajstić information content (AvgIpc) is 2.81. The summed E-state index contributed by atoms with van der Waals surface area (Å²) in [5.41, 5.74) is 1.19. The predicted molar refractivity (Wildman–Crippen MR) is 127 cm³/mol. The Morgan fingerprint density at radius 1 is 0.794 bits per heavy atom. The smallest absolute Gasteiger partial charge is 0.262 e. The van der Waals surface area contributed by atoms with Crippen molar-refractivity contribution >= 4 is 27.9 Å². The van der Waals surface area contributed by atoms with E-state index < -0.39 is 15.8 Å². The molecule has 0 bridgehead atoms. The summed E-state index contributed by atoms with van der Waals surface area (Å²) in [6, 6.07) is 10.7. The Balaban J connectivity index is 1.98. The number of ether oxygens (including phenoxy) is 4. The van der Waals surface area contributed by atoms with Gasteiger partial charge in [0, 0.05) is 0 Å². The number of halogens is 1. The lowest BCUT2D eigenvalue weighted by molar-refractivity contribution is 0.324. The Morgan fingerprint density at radius 2 is 1.32 bits per heavy atom. The molecule has 10 heteroatoms. The second-order valence-electron chi connectivity index (χ2n) is 6.97. The zero-order valence-corrected chi connectivity index (χ0v) is 19.8. The zero-order chi connectivity index (χ0) is 24.9. The normalized spacial score (nSPS) is 11.3. The van der Waals surface area contributed by atoms with E-state index in [9.17, 15) is 17.9 Å². The third-order valence-electron chi connectivity index (χ3n) is 4.82. The van der Waals surface area contributed by atoms with E-state index in [2.05, 4.69) is 4.72 Å². The van der Waals surface area contributed by atoms with E-state index in [0.29, 0.717) is 28.4 Å². The van der Waals surface area contributed by atoms with Crippen LogP contribution in [0.25, 0.3) is 12.2 Å². The Kier molecular flexibility index (Phi) is 7.52. The Morgan fingerprint density at radius 3 is 1.82 bits per heavy atom. The summed E-state index contributed by atoms with van der Waals surface area (Å²) in [6.07, 6.45) is 3.39. The molecule has 0 radical (unpaired) electrons. The van der Waals surface area contributed by atoms with Crippen molar-refractivity contribution in [2.75, 3.05) is 33.2 Å². The first-order valence-electron chi connectivity index (χ1n) is 9.90. The molecule has 0 saturated carbocycles. The van der Waals surface area contributed by atoms with E-state index in [-0.39, 0.29) is 22.1 Å². The molecule has 0 unspecified atom stereocenters. The van der Waals surface area contributed by atoms with Gasteiger partial charge >= 0.3 is 0 Å². The fourth-order valence-corrected chi connectivity index (χ4v) is 4.28. The molecule has 2 N–H and O–H groups in total. The Bertz CT molecular complexity index is 1280. The molecule has 0 heterocycles. The molecule has 0 spiro atoms. The summed E-state index contributed by atoms with van der Waals surface area (Å²) in [5.74, 6) is 0.482. The van der Waals surface area contributed by atoms with Crippen LogP contribution in [0, 0.1) is 5.82 Å². The molecule has 180 valence electrons. The number of aromatic hydroxyl groups is 1. The molecule has 0 aliphatic rings. The monoisotopic (exact) mass is 489 g/mol. The number of hydrogen-bond donors (Lipinski definition) is 2. The lowest BCUT2D eigenvalue weighted by atomic mass is 10.1. The van der Waals surface area contributed by atoms with Gasteiger partial charge in [0.25, 0.3) is 10.0 Å². The molecule has 3 aromatic carbocycles. The van der Waals surface area contributed by atoms with E-state index in [1.165, 1.54) is 40.6 Å². The first-order valence-corrected chi connectivity index (χ1v) is 11.4. The second kappa shape index (κ2) is 10.3. The molecule has 0 aromatic heterocycles. The molecule has 3 aromatic rings. The molecule has 34 heavy (non-hydrogen) atoms. The molecule has 8 nitrogen and oxygen atoms in total. The number of nitrogens with one attached hydrogen (secondary N) is 1. The van der Waals surface area contributed by atoms with Crippen molar-refractivity contribution in [3.63, 3.8) is 0 Å². The summed E-state index contributed by atoms with van der Waals surface area (Å²) in [7, 11) is 1.75. The maximum Gasteiger partial charge on any atom is 0.262 e. The average molecular weight is 490 g/mol. The summed E-state index contributed by atoms with van der Waals surface area (Å²) >= 11 is 0. The van der Waals surface area contributed by atoms with E-state index in [4.69, 9.17) is 18.9 Å². The molecule has 0 aliphatic carbocycles. The van der Waals surface area contributed by atoms with Gasteiger partial charge in [0.1, 0.15) is 5.82 Å². The van der Waals surface area contributed by atoms with E-state index in [0.717, 1.165) is 24.3 Å². The van der Waals surface area contributed by atoms with Crippen LogP contribution in [0.3, 0.4) is 0 Å². The Hall–Kier alpha value is -3.92. The maximum absolute atomic E-state index is 13.2. The number of hydrogen-bond acceptors (Lipinski definition) is 7. The molecule has 0 amide bonds. The highest BCUT2D eigenvalue weighted by Crippen LogP contribution is 2.40. The molecule has 3 rings (SSSR count). The molecule has 0 atom stereocenters. The van der Waals surface area contributed by atoms with Gasteiger partial charge in [-0.05, 0) is 59.7 Å². The number of sulfonamides is 1. The molecular weight excluding hydrogens is 465 g/mol. The van der Waals surface area contributed by atoms with Crippen LogP contribution < -0.4 is 23.7 Å². The van der Waals surface area contributed by atoms with Gasteiger partial charge in [-0.25, -0.2) is 12.8 Å². The van der Waals surface area contributed by atoms with Crippen molar-refractivity contribution in [2.24, 2.45) is 0 Å². The fraction of sp³-hybridized carbons (Fsp3) is 0.167. The minimum atomic E-state index is -4.07. The zero-order valence-electron chi connectivity index (χ0n) is 19.0. The molecule has 0 fully saturated rings. The maximum atomic E-state index is 13.2. The summed E-state index contributed by atoms with van der Waals surface area (Å²) in [4.78, 5) is -0.145. The second-order valence-corrected chi connectivity index (χ2v) is 8.65. The highest BCUT2D eigenvalue weighted by atomic mass is 32.2. The van der Waals surface area contributed by atoms with Crippen molar-refractivity contribution in [3.8, 4) is 28.7 Å². The largest absolute Gasteiger partial charge is 0.504 e. The van der Waals surface area contributed by atoms with Crippen molar-refractivity contribution in [1.29, 1.82) is 0 Å². The van der Waals surface area contributed by atoms with Crippen LogP contribution in [0.15, 0.2) is 53.4 Å². The third-order valence-corrected chi connectivity index (χ3v) is 6.20. The topological polar surface area (TPSA) is 103 Å². The lowest BCUT2D eigenvalue weighted by Crippen LogP contribution is -2.13. The summed E-state index contributed by atoms with van der Waals surface area (Å²) in [6.45, 7) is 0. The highest BCUT2D eigenvalue weighted by Gasteiger charge is 2.19. The van der Waals surface area contributed by atoms with Crippen LogP contribution in [-0.4, -0.2) is 42.0 Å². The predicted octanol–water partition coefficient (Wildman–Crippen LogP) is 4.54. The van der Waals surface area contributed by atoms with Crippen molar-refractivity contribution in [2.45, 2.75) is 4.90 Å². The van der Waals surface area contributed by atoms with Gasteiger partial charge in [-0.3, -0.25) is 4.72 Å². The van der Waals surface area contributed by atoms with Crippen molar-refractivity contribution in [1.82, 2.24) is 0 Å². The van der Waals surface area contributed by atoms with Crippen LogP contribution in [0.4, 0.5) is 10.1 Å². The van der Waals surface area contributed by atoms with Crippen LogP contribution >= 0.6 is 0 Å². The molecular formula is C24H24FNO7S. The van der Waals surface area contributed by atoms with Gasteiger partial charge in [0.2, 0.25) is 5.75 Å². The number of phenolic OH excluding ortho intramolecular Hbond substituents is 1. The van der Waals surface area contributed by atoms with E-state index in [1.807, 2.05) is 0 Å². The van der Waals surface area contributed by atoms with Gasteiger partial charge in [-0.1, -0.05) is 12.2 Å². The third kappa shape index (κ3) is 5.34. The number of methoxy groups -OCH3 is 4. The van der Waals surface area contributed by atoms with Crippen molar-refractivity contribution in [3.05, 3.63) is 65.5 Å². The highest BCUT2D eigenvalue weighted by molar-refractivity contribution is 7.92. The van der Waals surface area contributed by atoms with Crippen LogP contribution in [0.2, 0.25) is 0 Å². The minimum Gasteiger partial charge on any atom is -0.504 e. The van der Waals surface area contributed by atoms with Gasteiger partial charge in [0.05, 0.1) is 39.0 Å². The standard InChI is InChI=1S/C24H24FNO7S/c1-30-21-13-16(14-22(31-2)24(21)33-4)6-5-15-11-19(23(32-3)20(27)12-15)26-34(28,29)18-9-7-17(25)8-10-18/h5-14,26-27H,1-4H3. The SMILES string of the molecule is COc1cc(C=Cc2cc(O)c(OC)c(NS(=O)(=O)c3ccc(F)cc3)c2)cc(OC)c1OC. The van der Waals surface area contributed by atoms with Gasteiger partial charge in [-0.2, -0.15) is 0 Å². The van der Waals surface area contributed by atoms with E-state index in [1.54, 1.807) is 24.3 Å². The quantitative estimate of drug-likeness (QED) is 0.426. The summed E-state index contributed by atoms with van der Waals surface area (Å²) < 4.78 is 62.3. The van der Waals surface area contributed by atoms with Gasteiger partial charge in [0.15, 0.2) is 23.0 Å². The molecule has 0 aliphatic heterocycles. The van der Waals surface area contributed by atoms with Crippen LogP contribution in [-0.2, 0) is 10.0 Å². The van der Waals surface area contributed by atoms with Gasteiger partial charge < -0.3 is 24.1 Å². The minimum absolute atomic E-state index is 0.0105. The van der Waals surface area contributed by atoms with Crippen molar-refractivity contribution < 1.29 is 36.9 Å². The number of phenols is 1. The first kappa shape index (κ1) is 24.7. The lowest BCUT2D eigenvalue weighted by Gasteiger charge is -2.14. The summed E-state index contributed by atoms with van der Waals surface area (Å²) in [5, 5.41) is 10.4. The number of rotatable bonds is 9. The van der Waals surface area contributed by atoms with E-state index >= 15 is 0 Å². The first-order chi connectivity index (χ1) is 16.2. The number of benzene rings is 3. The van der Waals surface area contributed by atoms with Crippen LogP contribution in [0.1, 0.15) is 11.1 Å². The van der Waals surface area contributed by atoms with Gasteiger partial charge in [-0.15, -0.1) is 0 Å².